The van der Waals surface area contributed by atoms with Crippen LogP contribution in [0.25, 0.3) is 0 Å². The predicted octanol–water partition coefficient (Wildman–Crippen LogP) is 13.0. The standard InChI is InChI=1S/C34H71O4PS/c1-3-5-7-9-11-13-15-17-19-21-23-25-27-29-31-36-39(35,38-33-34-40)37-32-30-28-26-24-22-20-18-16-14-12-10-8-6-4-2/h40H,3-34H2,1-2H3. The van der Waals surface area contributed by atoms with E-state index in [4.69, 9.17) is 13.6 Å². The fraction of sp³-hybridized carbons (Fsp3) is 1.00. The molecule has 0 atom stereocenters. The van der Waals surface area contributed by atoms with Crippen LogP contribution in [0, 0.1) is 0 Å². The molecule has 0 spiro atoms. The summed E-state index contributed by atoms with van der Waals surface area (Å²) in [6.45, 7) is 5.74. The minimum absolute atomic E-state index is 0.290. The van der Waals surface area contributed by atoms with Crippen molar-refractivity contribution in [1.82, 2.24) is 0 Å². The third-order valence-corrected chi connectivity index (χ3v) is 9.51. The van der Waals surface area contributed by atoms with E-state index in [0.717, 1.165) is 25.7 Å². The summed E-state index contributed by atoms with van der Waals surface area (Å²) in [6.07, 6.45) is 36.9. The summed E-state index contributed by atoms with van der Waals surface area (Å²) in [5.41, 5.74) is 0. The maximum atomic E-state index is 12.9. The van der Waals surface area contributed by atoms with Crippen LogP contribution in [0.5, 0.6) is 0 Å². The van der Waals surface area contributed by atoms with Gasteiger partial charge in [-0.05, 0) is 12.8 Å². The highest BCUT2D eigenvalue weighted by molar-refractivity contribution is 7.80. The van der Waals surface area contributed by atoms with Crippen molar-refractivity contribution in [3.8, 4) is 0 Å². The molecule has 4 nitrogen and oxygen atoms in total. The molecule has 0 rings (SSSR count). The zero-order chi connectivity index (χ0) is 29.2. The molecule has 0 amide bonds. The Balaban J connectivity index is 3.61. The summed E-state index contributed by atoms with van der Waals surface area (Å²) in [6, 6.07) is 0. The topological polar surface area (TPSA) is 44.8 Å². The Labute approximate surface area is 257 Å². The molecule has 0 fully saturated rings. The monoisotopic (exact) mass is 606 g/mol. The van der Waals surface area contributed by atoms with E-state index >= 15 is 0 Å². The summed E-state index contributed by atoms with van der Waals surface area (Å²) in [5, 5.41) is 0. The number of rotatable bonds is 35. The van der Waals surface area contributed by atoms with Crippen molar-refractivity contribution in [2.24, 2.45) is 0 Å². The number of hydrogen-bond donors (Lipinski definition) is 1. The lowest BCUT2D eigenvalue weighted by molar-refractivity contribution is 0.115. The minimum Gasteiger partial charge on any atom is -0.287 e. The van der Waals surface area contributed by atoms with Crippen LogP contribution in [-0.2, 0) is 18.1 Å². The van der Waals surface area contributed by atoms with Crippen LogP contribution < -0.4 is 0 Å². The molecule has 0 aliphatic heterocycles. The lowest BCUT2D eigenvalue weighted by Gasteiger charge is -2.17. The van der Waals surface area contributed by atoms with Crippen molar-refractivity contribution in [2.75, 3.05) is 25.6 Å². The van der Waals surface area contributed by atoms with Crippen molar-refractivity contribution in [3.05, 3.63) is 0 Å². The molecule has 6 heteroatoms. The van der Waals surface area contributed by atoms with Gasteiger partial charge in [0.15, 0.2) is 0 Å². The van der Waals surface area contributed by atoms with Gasteiger partial charge in [-0.3, -0.25) is 13.6 Å². The summed E-state index contributed by atoms with van der Waals surface area (Å²) in [4.78, 5) is 0. The van der Waals surface area contributed by atoms with Crippen molar-refractivity contribution >= 4 is 20.5 Å². The molecule has 0 N–H and O–H groups in total. The van der Waals surface area contributed by atoms with Gasteiger partial charge in [0.2, 0.25) is 0 Å². The average molecular weight is 607 g/mol. The molecule has 0 aliphatic carbocycles. The molecule has 40 heavy (non-hydrogen) atoms. The Morgan fingerprint density at radius 1 is 0.375 bits per heavy atom. The van der Waals surface area contributed by atoms with Crippen molar-refractivity contribution in [2.45, 2.75) is 194 Å². The Kier molecular flexibility index (Phi) is 34.3. The van der Waals surface area contributed by atoms with E-state index < -0.39 is 7.82 Å². The first kappa shape index (κ1) is 40.5. The molecule has 0 aliphatic rings. The van der Waals surface area contributed by atoms with E-state index in [1.807, 2.05) is 0 Å². The fourth-order valence-corrected chi connectivity index (χ4v) is 6.69. The zero-order valence-electron chi connectivity index (χ0n) is 27.2. The van der Waals surface area contributed by atoms with Crippen LogP contribution >= 0.6 is 20.5 Å². The van der Waals surface area contributed by atoms with E-state index in [1.165, 1.54) is 154 Å². The first-order valence-electron chi connectivity index (χ1n) is 17.8. The molecule has 0 radical (unpaired) electrons. The van der Waals surface area contributed by atoms with Gasteiger partial charge in [-0.15, -0.1) is 0 Å². The fourth-order valence-electron chi connectivity index (χ4n) is 5.21. The quantitative estimate of drug-likeness (QED) is 0.0443. The van der Waals surface area contributed by atoms with E-state index in [9.17, 15) is 4.57 Å². The van der Waals surface area contributed by atoms with Gasteiger partial charge in [0.05, 0.1) is 19.8 Å². The van der Waals surface area contributed by atoms with Crippen LogP contribution in [0.4, 0.5) is 0 Å². The summed E-state index contributed by atoms with van der Waals surface area (Å²) >= 11 is 4.18. The molecule has 0 aromatic heterocycles. The number of thiol groups is 1. The Bertz CT molecular complexity index is 482. The molecule has 0 unspecified atom stereocenters. The summed E-state index contributed by atoms with van der Waals surface area (Å²) in [7, 11) is -3.46. The van der Waals surface area contributed by atoms with Gasteiger partial charge in [0, 0.05) is 5.75 Å². The summed E-state index contributed by atoms with van der Waals surface area (Å²) < 4.78 is 29.7. The molecule has 0 bridgehead atoms. The highest BCUT2D eigenvalue weighted by Crippen LogP contribution is 2.49. The van der Waals surface area contributed by atoms with E-state index in [1.54, 1.807) is 0 Å². The van der Waals surface area contributed by atoms with Crippen molar-refractivity contribution in [3.63, 3.8) is 0 Å². The molecule has 0 saturated heterocycles. The maximum absolute atomic E-state index is 12.9. The SMILES string of the molecule is CCCCCCCCCCCCCCCCOP(=O)(OCCS)OCCCCCCCCCCCCCCCC. The van der Waals surface area contributed by atoms with Crippen LogP contribution in [-0.4, -0.2) is 25.6 Å². The average Bonchev–Trinajstić information content (AvgIpc) is 2.96. The number of phosphoric ester groups is 1. The number of hydrogen-bond acceptors (Lipinski definition) is 5. The zero-order valence-corrected chi connectivity index (χ0v) is 28.9. The first-order chi connectivity index (χ1) is 19.7. The van der Waals surface area contributed by atoms with Gasteiger partial charge < -0.3 is 0 Å². The molecule has 0 heterocycles. The highest BCUT2D eigenvalue weighted by atomic mass is 32.1. The maximum Gasteiger partial charge on any atom is 0.474 e. The molecule has 0 saturated carbocycles. The smallest absolute Gasteiger partial charge is 0.287 e. The predicted molar refractivity (Wildman–Crippen MR) is 180 cm³/mol. The van der Waals surface area contributed by atoms with Crippen LogP contribution in [0.2, 0.25) is 0 Å². The molecule has 0 aromatic carbocycles. The van der Waals surface area contributed by atoms with Crippen LogP contribution in [0.15, 0.2) is 0 Å². The normalized spacial score (nSPS) is 12.0. The largest absolute Gasteiger partial charge is 0.474 e. The first-order valence-corrected chi connectivity index (χ1v) is 19.9. The number of phosphoric acid groups is 1. The second-order valence-corrected chi connectivity index (χ2v) is 14.0. The lowest BCUT2D eigenvalue weighted by Crippen LogP contribution is -2.05. The Morgan fingerprint density at radius 2 is 0.600 bits per heavy atom. The molecule has 0 aromatic rings. The van der Waals surface area contributed by atoms with Gasteiger partial charge in [0.25, 0.3) is 0 Å². The highest BCUT2D eigenvalue weighted by Gasteiger charge is 2.25. The van der Waals surface area contributed by atoms with Crippen molar-refractivity contribution in [1.29, 1.82) is 0 Å². The van der Waals surface area contributed by atoms with Gasteiger partial charge in [-0.25, -0.2) is 4.57 Å². The van der Waals surface area contributed by atoms with E-state index in [-0.39, 0.29) is 6.61 Å². The second-order valence-electron chi connectivity index (χ2n) is 11.9. The number of unbranched alkanes of at least 4 members (excludes halogenated alkanes) is 26. The Morgan fingerprint density at radius 3 is 0.850 bits per heavy atom. The van der Waals surface area contributed by atoms with Gasteiger partial charge >= 0.3 is 7.82 Å². The van der Waals surface area contributed by atoms with E-state index in [2.05, 4.69) is 26.5 Å². The lowest BCUT2D eigenvalue weighted by atomic mass is 10.0. The second kappa shape index (κ2) is 34.0. The van der Waals surface area contributed by atoms with Crippen LogP contribution in [0.1, 0.15) is 194 Å². The van der Waals surface area contributed by atoms with Gasteiger partial charge in [-0.2, -0.15) is 12.6 Å². The third kappa shape index (κ3) is 31.4. The van der Waals surface area contributed by atoms with Crippen molar-refractivity contribution < 1.29 is 18.1 Å². The summed E-state index contributed by atoms with van der Waals surface area (Å²) in [5.74, 6) is 0.508. The van der Waals surface area contributed by atoms with Gasteiger partial charge in [-0.1, -0.05) is 181 Å². The minimum atomic E-state index is -3.46. The van der Waals surface area contributed by atoms with E-state index in [0.29, 0.717) is 19.0 Å². The third-order valence-electron chi connectivity index (χ3n) is 7.84. The van der Waals surface area contributed by atoms with Gasteiger partial charge in [0.1, 0.15) is 0 Å². The Hall–Kier alpha value is 0.460. The van der Waals surface area contributed by atoms with Crippen LogP contribution in [0.3, 0.4) is 0 Å². The molecule has 242 valence electrons. The molecular formula is C34H71O4PS. The molecular weight excluding hydrogens is 535 g/mol.